The van der Waals surface area contributed by atoms with Crippen molar-refractivity contribution in [3.63, 3.8) is 0 Å². The summed E-state index contributed by atoms with van der Waals surface area (Å²) in [5.41, 5.74) is 0.110. The summed E-state index contributed by atoms with van der Waals surface area (Å²) in [6, 6.07) is 0. The zero-order chi connectivity index (χ0) is 19.0. The Morgan fingerprint density at radius 2 is 2.08 bits per heavy atom. The number of carbonyl (C=O) groups excluding carboxylic acids is 1. The van der Waals surface area contributed by atoms with Crippen LogP contribution >= 0.6 is 0 Å². The normalized spacial score (nSPS) is 34.8. The van der Waals surface area contributed by atoms with Gasteiger partial charge in [-0.15, -0.1) is 0 Å². The molecule has 0 saturated heterocycles. The molecule has 148 valence electrons. The molecule has 26 heavy (non-hydrogen) atoms. The summed E-state index contributed by atoms with van der Waals surface area (Å²) in [6.45, 7) is 9.47. The van der Waals surface area contributed by atoms with Gasteiger partial charge < -0.3 is 0 Å². The zero-order valence-electron chi connectivity index (χ0n) is 17.8. The van der Waals surface area contributed by atoms with Crippen LogP contribution in [0.15, 0.2) is 24.3 Å². The molecule has 4 atom stereocenters. The van der Waals surface area contributed by atoms with Crippen molar-refractivity contribution in [1.29, 1.82) is 0 Å². The maximum absolute atomic E-state index is 12.4. The number of hydrogen-bond acceptors (Lipinski definition) is 1. The minimum Gasteiger partial charge on any atom is -0.295 e. The van der Waals surface area contributed by atoms with Gasteiger partial charge in [-0.05, 0) is 73.7 Å². The summed E-state index contributed by atoms with van der Waals surface area (Å²) >= 11 is 0. The van der Waals surface area contributed by atoms with Gasteiger partial charge in [-0.1, -0.05) is 71.6 Å². The van der Waals surface area contributed by atoms with Gasteiger partial charge in [-0.2, -0.15) is 0 Å². The third-order valence-electron chi connectivity index (χ3n) is 6.92. The summed E-state index contributed by atoms with van der Waals surface area (Å²) in [5, 5.41) is 0. The maximum Gasteiger partial charge on any atom is 0.156 e. The number of carbonyl (C=O) groups is 1. The third kappa shape index (κ3) is 6.39. The first-order valence-electron chi connectivity index (χ1n) is 11.3. The predicted molar refractivity (Wildman–Crippen MR) is 113 cm³/mol. The van der Waals surface area contributed by atoms with E-state index in [0.29, 0.717) is 11.7 Å². The van der Waals surface area contributed by atoms with Gasteiger partial charge in [0.1, 0.15) is 0 Å². The van der Waals surface area contributed by atoms with Gasteiger partial charge in [0.15, 0.2) is 5.78 Å². The second-order valence-electron chi connectivity index (χ2n) is 9.61. The van der Waals surface area contributed by atoms with E-state index in [1.807, 2.05) is 6.08 Å². The summed E-state index contributed by atoms with van der Waals surface area (Å²) < 4.78 is 0. The molecule has 0 spiro atoms. The minimum atomic E-state index is 0.110. The largest absolute Gasteiger partial charge is 0.295 e. The average Bonchev–Trinajstić information content (AvgIpc) is 2.58. The van der Waals surface area contributed by atoms with Gasteiger partial charge in [-0.3, -0.25) is 4.79 Å². The van der Waals surface area contributed by atoms with Crippen molar-refractivity contribution in [3.05, 3.63) is 24.3 Å². The van der Waals surface area contributed by atoms with E-state index in [1.165, 1.54) is 57.8 Å². The van der Waals surface area contributed by atoms with Crippen LogP contribution in [0.3, 0.4) is 0 Å². The zero-order valence-corrected chi connectivity index (χ0v) is 17.8. The highest BCUT2D eigenvalue weighted by atomic mass is 16.1. The van der Waals surface area contributed by atoms with E-state index in [4.69, 9.17) is 0 Å². The van der Waals surface area contributed by atoms with Crippen molar-refractivity contribution in [1.82, 2.24) is 0 Å². The maximum atomic E-state index is 12.4. The molecule has 1 heteroatoms. The SMILES string of the molecule is CCCCC[C@]1(/C=C/C2CC(C)CCC2C(C)C)CCC/C=C\C(=O)C1. The van der Waals surface area contributed by atoms with Crippen molar-refractivity contribution in [2.45, 2.75) is 98.3 Å². The van der Waals surface area contributed by atoms with Gasteiger partial charge in [0.25, 0.3) is 0 Å². The highest BCUT2D eigenvalue weighted by Gasteiger charge is 2.32. The van der Waals surface area contributed by atoms with Crippen LogP contribution in [0.1, 0.15) is 98.3 Å². The Morgan fingerprint density at radius 3 is 2.81 bits per heavy atom. The van der Waals surface area contributed by atoms with Crippen LogP contribution < -0.4 is 0 Å². The molecule has 0 bridgehead atoms. The first-order chi connectivity index (χ1) is 12.5. The lowest BCUT2D eigenvalue weighted by atomic mass is 9.68. The van der Waals surface area contributed by atoms with Crippen LogP contribution in [-0.4, -0.2) is 5.78 Å². The van der Waals surface area contributed by atoms with E-state index in [2.05, 4.69) is 45.9 Å². The molecule has 0 N–H and O–H groups in total. The lowest BCUT2D eigenvalue weighted by Crippen LogP contribution is -2.28. The van der Waals surface area contributed by atoms with Crippen molar-refractivity contribution < 1.29 is 4.79 Å². The van der Waals surface area contributed by atoms with E-state index < -0.39 is 0 Å². The second kappa shape index (κ2) is 10.5. The van der Waals surface area contributed by atoms with Crippen molar-refractivity contribution in [3.8, 4) is 0 Å². The molecule has 1 saturated carbocycles. The van der Waals surface area contributed by atoms with Crippen LogP contribution in [0.4, 0.5) is 0 Å². The Balaban J connectivity index is 2.18. The van der Waals surface area contributed by atoms with Gasteiger partial charge in [-0.25, -0.2) is 0 Å². The molecule has 3 unspecified atom stereocenters. The van der Waals surface area contributed by atoms with E-state index in [0.717, 1.165) is 30.6 Å². The van der Waals surface area contributed by atoms with E-state index in [-0.39, 0.29) is 5.41 Å². The Morgan fingerprint density at radius 1 is 1.27 bits per heavy atom. The first-order valence-corrected chi connectivity index (χ1v) is 11.3. The fourth-order valence-electron chi connectivity index (χ4n) is 5.27. The molecule has 1 fully saturated rings. The smallest absolute Gasteiger partial charge is 0.156 e. The minimum absolute atomic E-state index is 0.110. The van der Waals surface area contributed by atoms with Crippen LogP contribution in [0.5, 0.6) is 0 Å². The number of allylic oxidation sites excluding steroid dienone is 4. The monoisotopic (exact) mass is 358 g/mol. The molecular formula is C25H42O. The van der Waals surface area contributed by atoms with Crippen molar-refractivity contribution in [2.24, 2.45) is 29.1 Å². The Kier molecular flexibility index (Phi) is 8.64. The predicted octanol–water partition coefficient (Wildman–Crippen LogP) is 7.52. The number of unbranched alkanes of at least 4 members (excludes halogenated alkanes) is 2. The average molecular weight is 359 g/mol. The summed E-state index contributed by atoms with van der Waals surface area (Å²) in [7, 11) is 0. The molecule has 0 aliphatic heterocycles. The van der Waals surface area contributed by atoms with E-state index in [1.54, 1.807) is 0 Å². The lowest BCUT2D eigenvalue weighted by molar-refractivity contribution is -0.116. The highest BCUT2D eigenvalue weighted by Crippen LogP contribution is 2.42. The van der Waals surface area contributed by atoms with Gasteiger partial charge in [0, 0.05) is 6.42 Å². The first kappa shape index (κ1) is 21.5. The number of rotatable bonds is 7. The molecule has 0 aromatic rings. The third-order valence-corrected chi connectivity index (χ3v) is 6.92. The second-order valence-corrected chi connectivity index (χ2v) is 9.61. The topological polar surface area (TPSA) is 17.1 Å². The molecule has 2 aliphatic carbocycles. The molecule has 2 aliphatic rings. The Labute approximate surface area is 162 Å². The van der Waals surface area contributed by atoms with Crippen LogP contribution in [-0.2, 0) is 4.79 Å². The van der Waals surface area contributed by atoms with Gasteiger partial charge in [0.2, 0.25) is 0 Å². The van der Waals surface area contributed by atoms with Crippen LogP contribution in [0.2, 0.25) is 0 Å². The van der Waals surface area contributed by atoms with Crippen molar-refractivity contribution >= 4 is 5.78 Å². The summed E-state index contributed by atoms with van der Waals surface area (Å²) in [6.07, 6.45) is 22.3. The molecule has 0 aromatic carbocycles. The molecule has 0 amide bonds. The quantitative estimate of drug-likeness (QED) is 0.340. The molecule has 1 nitrogen and oxygen atoms in total. The Bertz CT molecular complexity index is 486. The molecular weight excluding hydrogens is 316 g/mol. The van der Waals surface area contributed by atoms with Crippen LogP contribution in [0.25, 0.3) is 0 Å². The molecule has 2 rings (SSSR count). The fourth-order valence-corrected chi connectivity index (χ4v) is 5.27. The van der Waals surface area contributed by atoms with Gasteiger partial charge in [0.05, 0.1) is 0 Å². The number of hydrogen-bond donors (Lipinski definition) is 0. The Hall–Kier alpha value is -0.850. The lowest BCUT2D eigenvalue weighted by Gasteiger charge is -2.37. The standard InChI is InChI=1S/C25H42O/c1-5-6-9-15-25(16-10-7-8-11-23(26)19-25)17-14-22-18-21(4)12-13-24(22)20(2)3/h8,11,14,17,20-22,24H,5-7,9-10,12-13,15-16,18-19H2,1-4H3/b11-8-,17-14+/t21?,22?,24?,25-/m1/s1. The van der Waals surface area contributed by atoms with E-state index in [9.17, 15) is 4.79 Å². The van der Waals surface area contributed by atoms with Crippen molar-refractivity contribution in [2.75, 3.05) is 0 Å². The fraction of sp³-hybridized carbons (Fsp3) is 0.800. The molecule has 0 heterocycles. The summed E-state index contributed by atoms with van der Waals surface area (Å²) in [4.78, 5) is 12.4. The highest BCUT2D eigenvalue weighted by molar-refractivity contribution is 5.90. The van der Waals surface area contributed by atoms with Crippen LogP contribution in [0, 0.1) is 29.1 Å². The van der Waals surface area contributed by atoms with Gasteiger partial charge >= 0.3 is 0 Å². The number of ketones is 1. The van der Waals surface area contributed by atoms with E-state index >= 15 is 0 Å². The molecule has 0 aromatic heterocycles. The molecule has 0 radical (unpaired) electrons. The summed E-state index contributed by atoms with van der Waals surface area (Å²) in [5.74, 6) is 3.47.